The molecule has 0 saturated heterocycles. The van der Waals surface area contributed by atoms with E-state index in [1.165, 1.54) is 0 Å². The number of unbranched alkanes of at least 4 members (excludes halogenated alkanes) is 1. The van der Waals surface area contributed by atoms with E-state index >= 15 is 0 Å². The van der Waals surface area contributed by atoms with Crippen molar-refractivity contribution in [3.63, 3.8) is 0 Å². The monoisotopic (exact) mass is 110 g/mol. The van der Waals surface area contributed by atoms with Gasteiger partial charge in [-0.3, -0.25) is 0 Å². The Bertz CT molecular complexity index is 105. The molecule has 0 aromatic rings. The zero-order valence-corrected chi connectivity index (χ0v) is 5.11. The summed E-state index contributed by atoms with van der Waals surface area (Å²) in [7, 11) is 0. The van der Waals surface area contributed by atoms with Gasteiger partial charge in [-0.15, -0.1) is 11.8 Å². The van der Waals surface area contributed by atoms with Crippen molar-refractivity contribution in [2.45, 2.75) is 26.2 Å². The van der Waals surface area contributed by atoms with Crippen LogP contribution in [0, 0.1) is 11.8 Å². The number of carbonyl (C=O) groups excluding carboxylic acids is 1. The molecule has 0 aromatic heterocycles. The Labute approximate surface area is 50.1 Å². The number of hydrogen-bond acceptors (Lipinski definition) is 1. The quantitative estimate of drug-likeness (QED) is 0.298. The Morgan fingerprint density at radius 2 is 2.25 bits per heavy atom. The molecule has 1 nitrogen and oxygen atoms in total. The molecule has 0 saturated carbocycles. The van der Waals surface area contributed by atoms with E-state index in [4.69, 9.17) is 0 Å². The molecule has 0 N–H and O–H groups in total. The molecule has 0 fully saturated rings. The van der Waals surface area contributed by atoms with E-state index in [0.717, 1.165) is 19.1 Å². The third-order valence-corrected chi connectivity index (χ3v) is 0.689. The highest BCUT2D eigenvalue weighted by atomic mass is 16.1. The predicted octanol–water partition coefficient (Wildman–Crippen LogP) is 1.38. The van der Waals surface area contributed by atoms with Crippen LogP contribution in [0.2, 0.25) is 0 Å². The van der Waals surface area contributed by atoms with Gasteiger partial charge in [0.15, 0.2) is 0 Å². The van der Waals surface area contributed by atoms with E-state index in [1.807, 2.05) is 6.92 Å². The van der Waals surface area contributed by atoms with Crippen molar-refractivity contribution in [1.82, 2.24) is 0 Å². The van der Waals surface area contributed by atoms with Crippen molar-refractivity contribution in [2.75, 3.05) is 0 Å². The van der Waals surface area contributed by atoms with Crippen LogP contribution >= 0.6 is 0 Å². The molecular formula is C7H10O. The Balaban J connectivity index is 3.02. The highest BCUT2D eigenvalue weighted by molar-refractivity contribution is 5.49. The highest BCUT2D eigenvalue weighted by Crippen LogP contribution is 1.79. The fourth-order valence-electron chi connectivity index (χ4n) is 0.344. The molecule has 8 heavy (non-hydrogen) atoms. The van der Waals surface area contributed by atoms with Crippen LogP contribution in [0.4, 0.5) is 0 Å². The summed E-state index contributed by atoms with van der Waals surface area (Å²) in [5.41, 5.74) is 0. The van der Waals surface area contributed by atoms with Gasteiger partial charge in [0.25, 0.3) is 0 Å². The first-order chi connectivity index (χ1) is 3.91. The standard InChI is InChI=1S/C7H10O/c1-2-3-4-5-6-7-8/h7H,2,5-6H2,1H3. The van der Waals surface area contributed by atoms with Crippen LogP contribution < -0.4 is 0 Å². The van der Waals surface area contributed by atoms with Gasteiger partial charge in [-0.05, 0) is 0 Å². The van der Waals surface area contributed by atoms with Gasteiger partial charge in [0.2, 0.25) is 0 Å². The lowest BCUT2D eigenvalue weighted by atomic mass is 10.3. The van der Waals surface area contributed by atoms with Crippen LogP contribution in [0.3, 0.4) is 0 Å². The van der Waals surface area contributed by atoms with E-state index in [0.29, 0.717) is 6.42 Å². The second kappa shape index (κ2) is 6.23. The Kier molecular flexibility index (Phi) is 5.63. The number of hydrogen-bond donors (Lipinski definition) is 0. The Hall–Kier alpha value is -0.770. The molecule has 0 radical (unpaired) electrons. The predicted molar refractivity (Wildman–Crippen MR) is 33.4 cm³/mol. The molecule has 0 aliphatic carbocycles. The minimum absolute atomic E-state index is 0.576. The number of aldehydes is 1. The molecule has 44 valence electrons. The van der Waals surface area contributed by atoms with Crippen molar-refractivity contribution in [1.29, 1.82) is 0 Å². The largest absolute Gasteiger partial charge is 0.303 e. The van der Waals surface area contributed by atoms with Crippen LogP contribution in [0.1, 0.15) is 26.2 Å². The first kappa shape index (κ1) is 7.23. The molecule has 0 heterocycles. The molecule has 0 aliphatic rings. The van der Waals surface area contributed by atoms with Crippen LogP contribution in [-0.2, 0) is 4.79 Å². The maximum Gasteiger partial charge on any atom is 0.120 e. The van der Waals surface area contributed by atoms with Crippen molar-refractivity contribution in [3.8, 4) is 11.8 Å². The summed E-state index contributed by atoms with van der Waals surface area (Å²) in [6.07, 6.45) is 3.08. The molecule has 0 atom stereocenters. The van der Waals surface area contributed by atoms with Crippen molar-refractivity contribution in [2.24, 2.45) is 0 Å². The van der Waals surface area contributed by atoms with E-state index in [-0.39, 0.29) is 0 Å². The van der Waals surface area contributed by atoms with Crippen LogP contribution in [0.15, 0.2) is 0 Å². The van der Waals surface area contributed by atoms with E-state index in [9.17, 15) is 4.79 Å². The van der Waals surface area contributed by atoms with Crippen LogP contribution in [0.5, 0.6) is 0 Å². The molecule has 1 heteroatoms. The summed E-state index contributed by atoms with van der Waals surface area (Å²) in [5.74, 6) is 5.73. The van der Waals surface area contributed by atoms with Gasteiger partial charge in [0, 0.05) is 19.3 Å². The van der Waals surface area contributed by atoms with E-state index < -0.39 is 0 Å². The summed E-state index contributed by atoms with van der Waals surface area (Å²) < 4.78 is 0. The maximum absolute atomic E-state index is 9.70. The molecule has 0 unspecified atom stereocenters. The Morgan fingerprint density at radius 3 is 2.75 bits per heavy atom. The summed E-state index contributed by atoms with van der Waals surface area (Å²) in [5, 5.41) is 0. The molecule has 0 bridgehead atoms. The van der Waals surface area contributed by atoms with E-state index in [2.05, 4.69) is 11.8 Å². The topological polar surface area (TPSA) is 17.1 Å². The average Bonchev–Trinajstić information content (AvgIpc) is 1.81. The van der Waals surface area contributed by atoms with Gasteiger partial charge in [-0.2, -0.15) is 0 Å². The second-order valence-corrected chi connectivity index (χ2v) is 1.41. The second-order valence-electron chi connectivity index (χ2n) is 1.41. The SMILES string of the molecule is CCC#CCCC=O. The molecule has 0 aromatic carbocycles. The third kappa shape index (κ3) is 5.23. The minimum Gasteiger partial charge on any atom is -0.303 e. The highest BCUT2D eigenvalue weighted by Gasteiger charge is 1.73. The molecule has 0 rings (SSSR count). The third-order valence-electron chi connectivity index (χ3n) is 0.689. The zero-order chi connectivity index (χ0) is 6.24. The Morgan fingerprint density at radius 1 is 1.50 bits per heavy atom. The fraction of sp³-hybridized carbons (Fsp3) is 0.571. The van der Waals surface area contributed by atoms with Crippen LogP contribution in [-0.4, -0.2) is 6.29 Å². The number of carbonyl (C=O) groups is 1. The van der Waals surface area contributed by atoms with Crippen molar-refractivity contribution in [3.05, 3.63) is 0 Å². The van der Waals surface area contributed by atoms with Gasteiger partial charge in [-0.1, -0.05) is 6.92 Å². The lowest BCUT2D eigenvalue weighted by Crippen LogP contribution is -1.69. The number of rotatable bonds is 2. The minimum atomic E-state index is 0.576. The molecular weight excluding hydrogens is 100 g/mol. The normalized spacial score (nSPS) is 7.12. The zero-order valence-electron chi connectivity index (χ0n) is 5.11. The average molecular weight is 110 g/mol. The lowest BCUT2D eigenvalue weighted by molar-refractivity contribution is -0.107. The molecule has 0 spiro atoms. The molecule has 0 aliphatic heterocycles. The van der Waals surface area contributed by atoms with Crippen LogP contribution in [0.25, 0.3) is 0 Å². The van der Waals surface area contributed by atoms with Gasteiger partial charge in [0.1, 0.15) is 6.29 Å². The first-order valence-corrected chi connectivity index (χ1v) is 2.81. The lowest BCUT2D eigenvalue weighted by Gasteiger charge is -1.74. The van der Waals surface area contributed by atoms with Gasteiger partial charge < -0.3 is 4.79 Å². The fourth-order valence-corrected chi connectivity index (χ4v) is 0.344. The van der Waals surface area contributed by atoms with E-state index in [1.54, 1.807) is 0 Å². The maximum atomic E-state index is 9.70. The van der Waals surface area contributed by atoms with Crippen molar-refractivity contribution >= 4 is 6.29 Å². The van der Waals surface area contributed by atoms with Gasteiger partial charge >= 0.3 is 0 Å². The molecule has 0 amide bonds. The summed E-state index contributed by atoms with van der Waals surface area (Å²) in [6, 6.07) is 0. The van der Waals surface area contributed by atoms with Crippen molar-refractivity contribution < 1.29 is 4.79 Å². The summed E-state index contributed by atoms with van der Waals surface area (Å²) in [6.45, 7) is 1.99. The smallest absolute Gasteiger partial charge is 0.120 e. The first-order valence-electron chi connectivity index (χ1n) is 2.81. The summed E-state index contributed by atoms with van der Waals surface area (Å²) in [4.78, 5) is 9.70. The summed E-state index contributed by atoms with van der Waals surface area (Å²) >= 11 is 0. The van der Waals surface area contributed by atoms with Gasteiger partial charge in [0.05, 0.1) is 0 Å². The van der Waals surface area contributed by atoms with Gasteiger partial charge in [-0.25, -0.2) is 0 Å².